The maximum Gasteiger partial charge on any atom is 0.271 e. The van der Waals surface area contributed by atoms with E-state index in [1.807, 2.05) is 42.5 Å². The molecule has 36 heavy (non-hydrogen) atoms. The van der Waals surface area contributed by atoms with Crippen molar-refractivity contribution in [1.29, 1.82) is 0 Å². The summed E-state index contributed by atoms with van der Waals surface area (Å²) in [6.45, 7) is 2.21. The number of nitrogens with one attached hydrogen (secondary N) is 1. The first kappa shape index (κ1) is 24.4. The van der Waals surface area contributed by atoms with Gasteiger partial charge >= 0.3 is 0 Å². The van der Waals surface area contributed by atoms with Crippen LogP contribution in [0.4, 0.5) is 0 Å². The summed E-state index contributed by atoms with van der Waals surface area (Å²) < 4.78 is 16.1. The molecule has 1 heterocycles. The molecule has 0 bridgehead atoms. The van der Waals surface area contributed by atoms with Crippen LogP contribution in [0.1, 0.15) is 28.4 Å². The van der Waals surface area contributed by atoms with Crippen LogP contribution in [0.3, 0.4) is 0 Å². The number of carbonyl (C=O) groups is 1. The van der Waals surface area contributed by atoms with Crippen molar-refractivity contribution in [3.05, 3.63) is 83.4 Å². The van der Waals surface area contributed by atoms with Crippen molar-refractivity contribution in [2.75, 3.05) is 21.3 Å². The molecular weight excluding hydrogens is 460 g/mol. The van der Waals surface area contributed by atoms with Crippen molar-refractivity contribution in [2.45, 2.75) is 13.5 Å². The quantitative estimate of drug-likeness (QED) is 0.284. The molecule has 10 nitrogen and oxygen atoms in total. The van der Waals surface area contributed by atoms with Crippen molar-refractivity contribution in [3.8, 4) is 28.6 Å². The number of hydrogen-bond donors (Lipinski definition) is 1. The molecule has 0 aliphatic carbocycles. The normalized spacial score (nSPS) is 11.2. The topological polar surface area (TPSA) is 113 Å². The van der Waals surface area contributed by atoms with Crippen LogP contribution in [0.25, 0.3) is 11.4 Å². The van der Waals surface area contributed by atoms with E-state index in [1.165, 1.54) is 11.9 Å². The summed E-state index contributed by atoms with van der Waals surface area (Å²) in [5.41, 5.74) is 6.18. The Hall–Kier alpha value is -4.73. The minimum atomic E-state index is -0.335. The molecule has 0 atom stereocenters. The summed E-state index contributed by atoms with van der Waals surface area (Å²) in [4.78, 5) is 14.1. The Morgan fingerprint density at radius 2 is 1.58 bits per heavy atom. The second-order valence-electron chi connectivity index (χ2n) is 7.76. The van der Waals surface area contributed by atoms with Crippen LogP contribution in [0.2, 0.25) is 0 Å². The Labute approximate surface area is 208 Å². The Morgan fingerprint density at radius 3 is 2.19 bits per heavy atom. The van der Waals surface area contributed by atoms with E-state index in [2.05, 4.69) is 25.9 Å². The maximum absolute atomic E-state index is 12.6. The molecule has 10 heteroatoms. The van der Waals surface area contributed by atoms with E-state index in [0.717, 1.165) is 16.7 Å². The van der Waals surface area contributed by atoms with Crippen LogP contribution in [0, 0.1) is 0 Å². The highest BCUT2D eigenvalue weighted by molar-refractivity contribution is 6.01. The zero-order chi connectivity index (χ0) is 25.5. The van der Waals surface area contributed by atoms with Gasteiger partial charge in [0.05, 0.1) is 33.6 Å². The summed E-state index contributed by atoms with van der Waals surface area (Å²) in [6.07, 6.45) is 0. The van der Waals surface area contributed by atoms with Crippen molar-refractivity contribution in [1.82, 2.24) is 25.6 Å². The third-order valence-corrected chi connectivity index (χ3v) is 5.43. The van der Waals surface area contributed by atoms with Gasteiger partial charge in [-0.2, -0.15) is 9.90 Å². The molecule has 184 valence electrons. The summed E-state index contributed by atoms with van der Waals surface area (Å²) in [7, 11) is 4.62. The van der Waals surface area contributed by atoms with Gasteiger partial charge in [-0.3, -0.25) is 4.79 Å². The van der Waals surface area contributed by atoms with Crippen LogP contribution in [0.15, 0.2) is 71.8 Å². The van der Waals surface area contributed by atoms with E-state index in [1.54, 1.807) is 45.4 Å². The molecule has 4 rings (SSSR count). The Balaban J connectivity index is 1.41. The molecule has 0 saturated heterocycles. The van der Waals surface area contributed by atoms with Gasteiger partial charge in [-0.1, -0.05) is 42.5 Å². The summed E-state index contributed by atoms with van der Waals surface area (Å²) in [5, 5.41) is 16.9. The molecule has 4 aromatic rings. The zero-order valence-electron chi connectivity index (χ0n) is 20.4. The minimum Gasteiger partial charge on any atom is -0.493 e. The first-order valence-electron chi connectivity index (χ1n) is 11.1. The van der Waals surface area contributed by atoms with Crippen LogP contribution < -0.4 is 19.6 Å². The number of benzene rings is 3. The number of carbonyl (C=O) groups excluding carboxylic acids is 1. The Kier molecular flexibility index (Phi) is 7.54. The highest BCUT2D eigenvalue weighted by atomic mass is 16.5. The highest BCUT2D eigenvalue weighted by Crippen LogP contribution is 2.38. The lowest BCUT2D eigenvalue weighted by atomic mass is 10.1. The van der Waals surface area contributed by atoms with E-state index in [-0.39, 0.29) is 5.91 Å². The van der Waals surface area contributed by atoms with Crippen molar-refractivity contribution in [2.24, 2.45) is 5.10 Å². The van der Waals surface area contributed by atoms with Crippen molar-refractivity contribution in [3.63, 3.8) is 0 Å². The molecular formula is C26H26N6O4. The third kappa shape index (κ3) is 5.49. The fraction of sp³-hybridized carbons (Fsp3) is 0.192. The molecule has 0 radical (unpaired) electrons. The van der Waals surface area contributed by atoms with Gasteiger partial charge in [0.2, 0.25) is 11.6 Å². The van der Waals surface area contributed by atoms with Gasteiger partial charge in [0.15, 0.2) is 11.5 Å². The fourth-order valence-electron chi connectivity index (χ4n) is 3.49. The second-order valence-corrected chi connectivity index (χ2v) is 7.76. The molecule has 1 N–H and O–H groups in total. The lowest BCUT2D eigenvalue weighted by molar-refractivity contribution is 0.0955. The molecule has 0 unspecified atom stereocenters. The lowest BCUT2D eigenvalue weighted by Crippen LogP contribution is -2.19. The van der Waals surface area contributed by atoms with Gasteiger partial charge in [-0.25, -0.2) is 5.43 Å². The van der Waals surface area contributed by atoms with E-state index in [0.29, 0.717) is 40.9 Å². The van der Waals surface area contributed by atoms with Crippen LogP contribution in [-0.4, -0.2) is 53.2 Å². The van der Waals surface area contributed by atoms with Gasteiger partial charge in [0, 0.05) is 16.7 Å². The Morgan fingerprint density at radius 1 is 0.917 bits per heavy atom. The smallest absolute Gasteiger partial charge is 0.271 e. The average Bonchev–Trinajstić information content (AvgIpc) is 3.40. The van der Waals surface area contributed by atoms with Crippen molar-refractivity contribution < 1.29 is 19.0 Å². The summed E-state index contributed by atoms with van der Waals surface area (Å²) in [6, 6.07) is 20.3. The molecule has 3 aromatic carbocycles. The highest BCUT2D eigenvalue weighted by Gasteiger charge is 2.15. The van der Waals surface area contributed by atoms with Gasteiger partial charge in [0.1, 0.15) is 0 Å². The lowest BCUT2D eigenvalue weighted by Gasteiger charge is -2.14. The van der Waals surface area contributed by atoms with E-state index in [4.69, 9.17) is 14.2 Å². The number of tetrazole rings is 1. The minimum absolute atomic E-state index is 0.335. The van der Waals surface area contributed by atoms with E-state index >= 15 is 0 Å². The number of amides is 1. The third-order valence-electron chi connectivity index (χ3n) is 5.43. The van der Waals surface area contributed by atoms with Crippen molar-refractivity contribution >= 4 is 11.6 Å². The standard InChI is InChI=1S/C26H26N6O4/c1-17(21-14-22(34-2)24(36-4)23(15-21)35-3)27-29-26(33)20-12-10-18(11-13-20)16-32-30-25(28-31-32)19-8-6-5-7-9-19/h5-15H,16H2,1-4H3,(H,29,33)/b27-17+. The predicted octanol–water partition coefficient (Wildman–Crippen LogP) is 3.57. The number of hydrogen-bond acceptors (Lipinski definition) is 8. The number of hydrazone groups is 1. The fourth-order valence-corrected chi connectivity index (χ4v) is 3.49. The number of ether oxygens (including phenoxy) is 3. The molecule has 0 fully saturated rings. The van der Waals surface area contributed by atoms with E-state index < -0.39 is 0 Å². The SMILES string of the molecule is COc1cc(/C(C)=N/NC(=O)c2ccc(Cn3nnc(-c4ccccc4)n3)cc2)cc(OC)c1OC. The molecule has 0 saturated carbocycles. The van der Waals surface area contributed by atoms with Gasteiger partial charge in [-0.05, 0) is 42.0 Å². The first-order valence-corrected chi connectivity index (χ1v) is 11.1. The van der Waals surface area contributed by atoms with Gasteiger partial charge < -0.3 is 14.2 Å². The second kappa shape index (κ2) is 11.1. The van der Waals surface area contributed by atoms with Gasteiger partial charge in [0.25, 0.3) is 5.91 Å². The van der Waals surface area contributed by atoms with Crippen LogP contribution >= 0.6 is 0 Å². The monoisotopic (exact) mass is 486 g/mol. The van der Waals surface area contributed by atoms with E-state index in [9.17, 15) is 4.79 Å². The largest absolute Gasteiger partial charge is 0.493 e. The molecule has 0 spiro atoms. The number of methoxy groups -OCH3 is 3. The molecule has 1 aromatic heterocycles. The molecule has 0 aliphatic rings. The zero-order valence-corrected chi connectivity index (χ0v) is 20.4. The molecule has 0 aliphatic heterocycles. The number of rotatable bonds is 9. The van der Waals surface area contributed by atoms with Crippen LogP contribution in [0.5, 0.6) is 17.2 Å². The maximum atomic E-state index is 12.6. The first-order chi connectivity index (χ1) is 17.5. The number of aromatic nitrogens is 4. The average molecular weight is 487 g/mol. The predicted molar refractivity (Wildman–Crippen MR) is 135 cm³/mol. The molecule has 1 amide bonds. The summed E-state index contributed by atoms with van der Waals surface area (Å²) >= 11 is 0. The number of nitrogens with zero attached hydrogens (tertiary/aromatic N) is 5. The Bertz CT molecular complexity index is 1340. The van der Waals surface area contributed by atoms with Gasteiger partial charge in [-0.15, -0.1) is 10.2 Å². The van der Waals surface area contributed by atoms with Crippen LogP contribution in [-0.2, 0) is 6.54 Å². The summed E-state index contributed by atoms with van der Waals surface area (Å²) in [5.74, 6) is 1.71.